The fraction of sp³-hybridized carbons (Fsp3) is 0.867. The molecule has 0 aromatic heterocycles. The molecule has 0 radical (unpaired) electrons. The molecule has 2 rings (SSSR count). The number of hydrogen-bond donors (Lipinski definition) is 1. The van der Waals surface area contributed by atoms with Crippen LogP contribution in [0.2, 0.25) is 0 Å². The van der Waals surface area contributed by atoms with E-state index in [1.54, 1.807) is 0 Å². The van der Waals surface area contributed by atoms with Gasteiger partial charge in [0.1, 0.15) is 0 Å². The van der Waals surface area contributed by atoms with E-state index in [0.29, 0.717) is 10.9 Å². The predicted molar refractivity (Wildman–Crippen MR) is 89.4 cm³/mol. The third-order valence-corrected chi connectivity index (χ3v) is 5.37. The lowest BCUT2D eigenvalue weighted by atomic mass is 10.0. The summed E-state index contributed by atoms with van der Waals surface area (Å²) in [7, 11) is 0. The Hall–Kier alpha value is -0.880. The number of carbonyl (C=O) groups excluding carboxylic acids is 1. The van der Waals surface area contributed by atoms with Gasteiger partial charge in [0.05, 0.1) is 10.5 Å². The number of likely N-dealkylation sites (tertiary alicyclic amines) is 1. The van der Waals surface area contributed by atoms with E-state index in [9.17, 15) is 4.79 Å². The van der Waals surface area contributed by atoms with Crippen LogP contribution in [0, 0.1) is 5.92 Å². The molecule has 0 saturated carbocycles. The van der Waals surface area contributed by atoms with Crippen LogP contribution in [0.4, 0.5) is 4.79 Å². The van der Waals surface area contributed by atoms with Gasteiger partial charge in [0.2, 0.25) is 0 Å². The number of rotatable bonds is 2. The number of thiocarbonyl (C=S) groups is 1. The van der Waals surface area contributed by atoms with Gasteiger partial charge in [-0.1, -0.05) is 19.1 Å². The molecule has 6 heteroatoms. The van der Waals surface area contributed by atoms with Crippen molar-refractivity contribution in [1.29, 1.82) is 0 Å². The van der Waals surface area contributed by atoms with Crippen LogP contribution in [0.15, 0.2) is 0 Å². The van der Waals surface area contributed by atoms with Crippen LogP contribution in [-0.2, 0) is 0 Å². The molecule has 2 N–H and O–H groups in total. The Labute approximate surface area is 133 Å². The summed E-state index contributed by atoms with van der Waals surface area (Å²) < 4.78 is 0. The van der Waals surface area contributed by atoms with Gasteiger partial charge < -0.3 is 15.5 Å². The predicted octanol–water partition coefficient (Wildman–Crippen LogP) is 1.52. The standard InChI is InChI=1S/C15H28N4OS/c1-12-5-4-6-18(11-12)14(20)17-7-9-19(10-8-17)15(2,3)13(16)21/h12H,4-11H2,1-3H3,(H2,16,21). The highest BCUT2D eigenvalue weighted by atomic mass is 32.1. The van der Waals surface area contributed by atoms with Gasteiger partial charge >= 0.3 is 6.03 Å². The summed E-state index contributed by atoms with van der Waals surface area (Å²) in [5.74, 6) is 0.623. The van der Waals surface area contributed by atoms with Gasteiger partial charge in [-0.3, -0.25) is 4.90 Å². The SMILES string of the molecule is CC1CCCN(C(=O)N2CCN(C(C)(C)C(N)=S)CC2)C1. The molecule has 1 unspecified atom stereocenters. The van der Waals surface area contributed by atoms with Crippen molar-refractivity contribution in [2.24, 2.45) is 11.7 Å². The number of piperazine rings is 1. The maximum atomic E-state index is 12.6. The zero-order chi connectivity index (χ0) is 15.6. The molecule has 0 aliphatic carbocycles. The second-order valence-corrected chi connectivity index (χ2v) is 7.31. The van der Waals surface area contributed by atoms with E-state index in [4.69, 9.17) is 18.0 Å². The molecule has 0 aromatic carbocycles. The van der Waals surface area contributed by atoms with Crippen LogP contribution >= 0.6 is 12.2 Å². The van der Waals surface area contributed by atoms with E-state index in [0.717, 1.165) is 45.7 Å². The summed E-state index contributed by atoms with van der Waals surface area (Å²) in [5.41, 5.74) is 5.55. The highest BCUT2D eigenvalue weighted by Crippen LogP contribution is 2.20. The fourth-order valence-electron chi connectivity index (χ4n) is 3.18. The quantitative estimate of drug-likeness (QED) is 0.786. The topological polar surface area (TPSA) is 52.8 Å². The van der Waals surface area contributed by atoms with Crippen molar-refractivity contribution in [3.8, 4) is 0 Å². The van der Waals surface area contributed by atoms with Gasteiger partial charge in [-0.2, -0.15) is 0 Å². The minimum Gasteiger partial charge on any atom is -0.392 e. The zero-order valence-electron chi connectivity index (χ0n) is 13.5. The maximum Gasteiger partial charge on any atom is 0.320 e. The Morgan fingerprint density at radius 2 is 1.76 bits per heavy atom. The van der Waals surface area contributed by atoms with Gasteiger partial charge in [0.15, 0.2) is 0 Å². The molecular weight excluding hydrogens is 284 g/mol. The summed E-state index contributed by atoms with van der Waals surface area (Å²) in [4.78, 5) is 19.4. The van der Waals surface area contributed by atoms with Gasteiger partial charge in [-0.15, -0.1) is 0 Å². The third-order valence-electron chi connectivity index (χ3n) is 4.87. The second kappa shape index (κ2) is 6.48. The maximum absolute atomic E-state index is 12.6. The summed E-state index contributed by atoms with van der Waals surface area (Å²) >= 11 is 5.16. The molecule has 21 heavy (non-hydrogen) atoms. The minimum atomic E-state index is -0.274. The first-order chi connectivity index (χ1) is 9.82. The van der Waals surface area contributed by atoms with Crippen molar-refractivity contribution in [2.75, 3.05) is 39.3 Å². The van der Waals surface area contributed by atoms with Crippen LogP contribution in [0.1, 0.15) is 33.6 Å². The van der Waals surface area contributed by atoms with E-state index >= 15 is 0 Å². The summed E-state index contributed by atoms with van der Waals surface area (Å²) in [6.45, 7) is 11.3. The second-order valence-electron chi connectivity index (χ2n) is 6.87. The highest BCUT2D eigenvalue weighted by Gasteiger charge is 2.34. The van der Waals surface area contributed by atoms with E-state index in [-0.39, 0.29) is 11.6 Å². The summed E-state index contributed by atoms with van der Waals surface area (Å²) in [5, 5.41) is 0. The van der Waals surface area contributed by atoms with Gasteiger partial charge in [-0.05, 0) is 32.6 Å². The number of piperidine rings is 1. The molecule has 2 amide bonds. The number of hydrogen-bond acceptors (Lipinski definition) is 3. The Balaban J connectivity index is 1.89. The normalized spacial score (nSPS) is 25.0. The van der Waals surface area contributed by atoms with E-state index in [1.165, 1.54) is 6.42 Å². The van der Waals surface area contributed by atoms with E-state index in [1.807, 2.05) is 9.80 Å². The third kappa shape index (κ3) is 3.66. The minimum absolute atomic E-state index is 0.203. The molecular formula is C15H28N4OS. The van der Waals surface area contributed by atoms with Crippen molar-refractivity contribution in [1.82, 2.24) is 14.7 Å². The number of urea groups is 1. The van der Waals surface area contributed by atoms with Crippen molar-refractivity contribution in [3.05, 3.63) is 0 Å². The highest BCUT2D eigenvalue weighted by molar-refractivity contribution is 7.80. The van der Waals surface area contributed by atoms with Crippen molar-refractivity contribution >= 4 is 23.2 Å². The fourth-order valence-corrected chi connectivity index (χ4v) is 3.30. The molecule has 2 saturated heterocycles. The van der Waals surface area contributed by atoms with Crippen molar-refractivity contribution in [2.45, 2.75) is 39.2 Å². The molecule has 2 aliphatic heterocycles. The monoisotopic (exact) mass is 312 g/mol. The number of nitrogens with two attached hydrogens (primary N) is 1. The molecule has 0 spiro atoms. The first-order valence-electron chi connectivity index (χ1n) is 7.91. The first-order valence-corrected chi connectivity index (χ1v) is 8.32. The smallest absolute Gasteiger partial charge is 0.320 e. The largest absolute Gasteiger partial charge is 0.392 e. The molecule has 5 nitrogen and oxygen atoms in total. The molecule has 0 aromatic rings. The van der Waals surface area contributed by atoms with Gasteiger partial charge in [-0.25, -0.2) is 4.79 Å². The Morgan fingerprint density at radius 3 is 2.29 bits per heavy atom. The Kier molecular flexibility index (Phi) is 5.09. The molecule has 2 fully saturated rings. The Bertz CT molecular complexity index is 404. The molecule has 1 atom stereocenters. The lowest BCUT2D eigenvalue weighted by Crippen LogP contribution is -2.61. The summed E-state index contributed by atoms with van der Waals surface area (Å²) in [6, 6.07) is 0.203. The van der Waals surface area contributed by atoms with Crippen LogP contribution in [0.3, 0.4) is 0 Å². The van der Waals surface area contributed by atoms with Crippen LogP contribution in [-0.4, -0.2) is 70.5 Å². The van der Waals surface area contributed by atoms with E-state index < -0.39 is 0 Å². The molecule has 120 valence electrons. The zero-order valence-corrected chi connectivity index (χ0v) is 14.3. The lowest BCUT2D eigenvalue weighted by molar-refractivity contribution is 0.0764. The average Bonchev–Trinajstić information content (AvgIpc) is 2.46. The van der Waals surface area contributed by atoms with Crippen LogP contribution in [0.25, 0.3) is 0 Å². The molecule has 2 aliphatic rings. The summed E-state index contributed by atoms with van der Waals surface area (Å²) in [6.07, 6.45) is 2.36. The van der Waals surface area contributed by atoms with Crippen molar-refractivity contribution in [3.63, 3.8) is 0 Å². The number of carbonyl (C=O) groups is 1. The van der Waals surface area contributed by atoms with Crippen molar-refractivity contribution < 1.29 is 4.79 Å². The van der Waals surface area contributed by atoms with E-state index in [2.05, 4.69) is 25.7 Å². The van der Waals surface area contributed by atoms with Crippen LogP contribution < -0.4 is 5.73 Å². The molecule has 0 bridgehead atoms. The first kappa shape index (κ1) is 16.5. The van der Waals surface area contributed by atoms with Crippen LogP contribution in [0.5, 0.6) is 0 Å². The lowest BCUT2D eigenvalue weighted by Gasteiger charge is -2.45. The number of nitrogens with zero attached hydrogens (tertiary/aromatic N) is 3. The number of amides is 2. The van der Waals surface area contributed by atoms with Gasteiger partial charge in [0.25, 0.3) is 0 Å². The molecule has 2 heterocycles. The Morgan fingerprint density at radius 1 is 1.14 bits per heavy atom. The average molecular weight is 312 g/mol. The van der Waals surface area contributed by atoms with Gasteiger partial charge in [0, 0.05) is 39.3 Å².